The highest BCUT2D eigenvalue weighted by atomic mass is 16.6. The second-order valence-corrected chi connectivity index (χ2v) is 6.17. The minimum Gasteiger partial charge on any atom is -0.445 e. The molecule has 1 atom stereocenters. The fourth-order valence-corrected chi connectivity index (χ4v) is 3.18. The summed E-state index contributed by atoms with van der Waals surface area (Å²) in [5.74, 6) is 0. The van der Waals surface area contributed by atoms with Crippen molar-refractivity contribution in [1.29, 1.82) is 0 Å². The lowest BCUT2D eigenvalue weighted by Crippen LogP contribution is -2.64. The highest BCUT2D eigenvalue weighted by Gasteiger charge is 2.49. The molecule has 1 amide bonds. The van der Waals surface area contributed by atoms with Gasteiger partial charge in [0.15, 0.2) is 0 Å². The molecule has 1 N–H and O–H groups in total. The number of nitrogens with zero attached hydrogens (tertiary/aromatic N) is 1. The molecule has 0 bridgehead atoms. The van der Waals surface area contributed by atoms with Gasteiger partial charge in [0.1, 0.15) is 6.61 Å². The molecule has 1 saturated carbocycles. The average molecular weight is 305 g/mol. The molecular weight excluding hydrogens is 282 g/mol. The lowest BCUT2D eigenvalue weighted by Gasteiger charge is -2.53. The predicted molar refractivity (Wildman–Crippen MR) is 81.4 cm³/mol. The number of aliphatic hydroxyl groups is 1. The van der Waals surface area contributed by atoms with E-state index in [2.05, 4.69) is 0 Å². The smallest absolute Gasteiger partial charge is 0.410 e. The monoisotopic (exact) mass is 305 g/mol. The van der Waals surface area contributed by atoms with Crippen molar-refractivity contribution >= 4 is 6.09 Å². The van der Waals surface area contributed by atoms with E-state index in [4.69, 9.17) is 14.6 Å². The Morgan fingerprint density at radius 1 is 1.36 bits per heavy atom. The van der Waals surface area contributed by atoms with E-state index in [9.17, 15) is 4.79 Å². The molecule has 1 aliphatic carbocycles. The maximum Gasteiger partial charge on any atom is 0.410 e. The Kier molecular flexibility index (Phi) is 4.64. The molecule has 0 aromatic heterocycles. The van der Waals surface area contributed by atoms with Gasteiger partial charge < -0.3 is 14.6 Å². The minimum atomic E-state index is -0.269. The van der Waals surface area contributed by atoms with E-state index in [-0.39, 0.29) is 30.9 Å². The number of aliphatic hydroxyl groups excluding tert-OH is 1. The highest BCUT2D eigenvalue weighted by Crippen LogP contribution is 2.41. The lowest BCUT2D eigenvalue weighted by molar-refractivity contribution is -0.135. The second-order valence-electron chi connectivity index (χ2n) is 6.17. The van der Waals surface area contributed by atoms with Gasteiger partial charge in [-0.25, -0.2) is 4.79 Å². The summed E-state index contributed by atoms with van der Waals surface area (Å²) in [5.41, 5.74) is 0.804. The van der Waals surface area contributed by atoms with E-state index >= 15 is 0 Å². The Balaban J connectivity index is 1.62. The van der Waals surface area contributed by atoms with E-state index in [1.807, 2.05) is 35.2 Å². The number of hydrogen-bond donors (Lipinski definition) is 1. The van der Waals surface area contributed by atoms with Crippen molar-refractivity contribution in [2.24, 2.45) is 0 Å². The number of carbonyl (C=O) groups is 1. The zero-order valence-corrected chi connectivity index (χ0v) is 12.7. The van der Waals surface area contributed by atoms with Gasteiger partial charge in [-0.3, -0.25) is 4.90 Å². The first-order valence-electron chi connectivity index (χ1n) is 7.94. The Bertz CT molecular complexity index is 501. The SMILES string of the molecule is O=C(OCc1ccccc1)N1CC(CCO)OCC12CCC2. The van der Waals surface area contributed by atoms with Gasteiger partial charge in [0.25, 0.3) is 0 Å². The quantitative estimate of drug-likeness (QED) is 0.927. The first-order valence-corrected chi connectivity index (χ1v) is 7.94. The molecule has 2 aliphatic rings. The van der Waals surface area contributed by atoms with Gasteiger partial charge >= 0.3 is 6.09 Å². The first-order chi connectivity index (χ1) is 10.7. The van der Waals surface area contributed by atoms with E-state index in [0.29, 0.717) is 19.6 Å². The van der Waals surface area contributed by atoms with Crippen molar-refractivity contribution in [3.63, 3.8) is 0 Å². The molecule has 22 heavy (non-hydrogen) atoms. The van der Waals surface area contributed by atoms with Crippen molar-refractivity contribution in [3.8, 4) is 0 Å². The number of ether oxygens (including phenoxy) is 2. The average Bonchev–Trinajstić information content (AvgIpc) is 2.52. The molecular formula is C17H23NO4. The zero-order valence-electron chi connectivity index (χ0n) is 12.7. The van der Waals surface area contributed by atoms with Gasteiger partial charge in [0.05, 0.1) is 24.8 Å². The van der Waals surface area contributed by atoms with Gasteiger partial charge in [-0.05, 0) is 31.2 Å². The summed E-state index contributed by atoms with van der Waals surface area (Å²) in [4.78, 5) is 14.4. The van der Waals surface area contributed by atoms with Crippen LogP contribution in [0.3, 0.4) is 0 Å². The number of amides is 1. The molecule has 1 unspecified atom stereocenters. The molecule has 1 heterocycles. The summed E-state index contributed by atoms with van der Waals surface area (Å²) < 4.78 is 11.3. The van der Waals surface area contributed by atoms with Crippen LogP contribution in [0.2, 0.25) is 0 Å². The Labute approximate surface area is 130 Å². The van der Waals surface area contributed by atoms with Gasteiger partial charge in [-0.1, -0.05) is 30.3 Å². The summed E-state index contributed by atoms with van der Waals surface area (Å²) in [6.45, 7) is 1.43. The van der Waals surface area contributed by atoms with Crippen LogP contribution in [-0.2, 0) is 16.1 Å². The van der Waals surface area contributed by atoms with Gasteiger partial charge in [-0.15, -0.1) is 0 Å². The number of benzene rings is 1. The molecule has 1 spiro atoms. The molecule has 0 radical (unpaired) electrons. The third kappa shape index (κ3) is 3.10. The van der Waals surface area contributed by atoms with Gasteiger partial charge in [0.2, 0.25) is 0 Å². The third-order valence-electron chi connectivity index (χ3n) is 4.71. The van der Waals surface area contributed by atoms with Crippen LogP contribution < -0.4 is 0 Å². The summed E-state index contributed by atoms with van der Waals surface area (Å²) in [5, 5.41) is 9.08. The lowest BCUT2D eigenvalue weighted by atomic mass is 9.75. The Morgan fingerprint density at radius 2 is 2.14 bits per heavy atom. The van der Waals surface area contributed by atoms with Crippen molar-refractivity contribution in [3.05, 3.63) is 35.9 Å². The summed E-state index contributed by atoms with van der Waals surface area (Å²) >= 11 is 0. The molecule has 120 valence electrons. The number of hydrogen-bond acceptors (Lipinski definition) is 4. The molecule has 2 fully saturated rings. The van der Waals surface area contributed by atoms with Crippen LogP contribution in [0.5, 0.6) is 0 Å². The summed E-state index contributed by atoms with van der Waals surface area (Å²) in [6.07, 6.45) is 3.25. The van der Waals surface area contributed by atoms with Crippen LogP contribution in [0, 0.1) is 0 Å². The van der Waals surface area contributed by atoms with E-state index in [1.54, 1.807) is 0 Å². The van der Waals surface area contributed by atoms with E-state index in [1.165, 1.54) is 0 Å². The van der Waals surface area contributed by atoms with Crippen molar-refractivity contribution in [2.45, 2.75) is 43.9 Å². The standard InChI is InChI=1S/C17H23NO4/c19-10-7-15-11-18(17(13-22-15)8-4-9-17)16(20)21-12-14-5-2-1-3-6-14/h1-3,5-6,15,19H,4,7-13H2. The molecule has 1 saturated heterocycles. The van der Waals surface area contributed by atoms with Crippen LogP contribution in [0.1, 0.15) is 31.2 Å². The molecule has 1 aromatic rings. The fourth-order valence-electron chi connectivity index (χ4n) is 3.18. The summed E-state index contributed by atoms with van der Waals surface area (Å²) in [6, 6.07) is 9.70. The zero-order chi connectivity index (χ0) is 15.4. The third-order valence-corrected chi connectivity index (χ3v) is 4.71. The van der Waals surface area contributed by atoms with Crippen LogP contribution in [0.4, 0.5) is 4.79 Å². The highest BCUT2D eigenvalue weighted by molar-refractivity contribution is 5.69. The number of morpholine rings is 1. The number of carbonyl (C=O) groups excluding carboxylic acids is 1. The largest absolute Gasteiger partial charge is 0.445 e. The second kappa shape index (κ2) is 6.67. The van der Waals surface area contributed by atoms with Crippen molar-refractivity contribution in [2.75, 3.05) is 19.8 Å². The van der Waals surface area contributed by atoms with Crippen LogP contribution in [0.25, 0.3) is 0 Å². The van der Waals surface area contributed by atoms with Crippen LogP contribution >= 0.6 is 0 Å². The molecule has 1 aliphatic heterocycles. The van der Waals surface area contributed by atoms with Crippen LogP contribution in [-0.4, -0.2) is 47.5 Å². The maximum absolute atomic E-state index is 12.5. The van der Waals surface area contributed by atoms with Gasteiger partial charge in [0, 0.05) is 6.61 Å². The Hall–Kier alpha value is -1.59. The summed E-state index contributed by atoms with van der Waals surface area (Å²) in [7, 11) is 0. The van der Waals surface area contributed by atoms with Crippen molar-refractivity contribution in [1.82, 2.24) is 4.90 Å². The van der Waals surface area contributed by atoms with E-state index < -0.39 is 0 Å². The van der Waals surface area contributed by atoms with Crippen molar-refractivity contribution < 1.29 is 19.4 Å². The molecule has 3 rings (SSSR count). The molecule has 5 nitrogen and oxygen atoms in total. The first kappa shape index (κ1) is 15.3. The van der Waals surface area contributed by atoms with Gasteiger partial charge in [-0.2, -0.15) is 0 Å². The Morgan fingerprint density at radius 3 is 2.77 bits per heavy atom. The minimum absolute atomic E-state index is 0.0740. The molecule has 1 aromatic carbocycles. The van der Waals surface area contributed by atoms with E-state index in [0.717, 1.165) is 24.8 Å². The fraction of sp³-hybridized carbons (Fsp3) is 0.588. The predicted octanol–water partition coefficient (Wildman–Crippen LogP) is 2.33. The topological polar surface area (TPSA) is 59.0 Å². The normalized spacial score (nSPS) is 23.1. The maximum atomic E-state index is 12.5. The van der Waals surface area contributed by atoms with Crippen LogP contribution in [0.15, 0.2) is 30.3 Å². The molecule has 5 heteroatoms. The number of rotatable bonds is 4.